The number of carboxylic acids is 1. The van der Waals surface area contributed by atoms with Crippen LogP contribution in [-0.2, 0) is 9.59 Å². The smallest absolute Gasteiger partial charge is 0.320 e. The molecule has 0 heterocycles. The molecule has 1 aromatic carbocycles. The molecule has 3 N–H and O–H groups in total. The number of carboxylic acid groups (broad SMARTS) is 1. The van der Waals surface area contributed by atoms with E-state index in [-0.39, 0.29) is 12.5 Å². The lowest BCUT2D eigenvalue weighted by Crippen LogP contribution is -2.39. The van der Waals surface area contributed by atoms with Gasteiger partial charge in [0.25, 0.3) is 0 Å². The van der Waals surface area contributed by atoms with E-state index in [0.717, 1.165) is 4.47 Å². The summed E-state index contributed by atoms with van der Waals surface area (Å²) in [7, 11) is 0. The summed E-state index contributed by atoms with van der Waals surface area (Å²) in [5.41, 5.74) is 0.669. The third-order valence-electron chi connectivity index (χ3n) is 2.07. The zero-order chi connectivity index (χ0) is 12.8. The Balaban J connectivity index is 2.39. The van der Waals surface area contributed by atoms with Gasteiger partial charge in [0.1, 0.15) is 6.04 Å². The number of hydrogen-bond acceptors (Lipinski definition) is 3. The van der Waals surface area contributed by atoms with Crippen molar-refractivity contribution >= 4 is 33.5 Å². The van der Waals surface area contributed by atoms with Crippen LogP contribution in [0.3, 0.4) is 0 Å². The van der Waals surface area contributed by atoms with E-state index in [2.05, 4.69) is 26.6 Å². The van der Waals surface area contributed by atoms with Gasteiger partial charge >= 0.3 is 5.97 Å². The first-order valence-electron chi connectivity index (χ1n) is 5.00. The first-order valence-corrected chi connectivity index (χ1v) is 5.80. The second kappa shape index (κ2) is 6.36. The van der Waals surface area contributed by atoms with Gasteiger partial charge < -0.3 is 10.4 Å². The van der Waals surface area contributed by atoms with Gasteiger partial charge in [-0.2, -0.15) is 0 Å². The number of halogens is 1. The quantitative estimate of drug-likeness (QED) is 0.769. The lowest BCUT2D eigenvalue weighted by Gasteiger charge is -2.09. The van der Waals surface area contributed by atoms with Crippen molar-refractivity contribution in [2.24, 2.45) is 0 Å². The zero-order valence-corrected chi connectivity index (χ0v) is 10.8. The highest BCUT2D eigenvalue weighted by molar-refractivity contribution is 9.10. The lowest BCUT2D eigenvalue weighted by molar-refractivity contribution is -0.139. The van der Waals surface area contributed by atoms with E-state index in [4.69, 9.17) is 5.11 Å². The van der Waals surface area contributed by atoms with E-state index in [1.807, 2.05) is 12.1 Å². The van der Waals surface area contributed by atoms with Crippen molar-refractivity contribution in [1.29, 1.82) is 0 Å². The molecule has 0 aromatic heterocycles. The summed E-state index contributed by atoms with van der Waals surface area (Å²) in [6, 6.07) is 6.38. The predicted molar refractivity (Wildman–Crippen MR) is 67.9 cm³/mol. The zero-order valence-electron chi connectivity index (χ0n) is 9.24. The molecule has 0 spiro atoms. The van der Waals surface area contributed by atoms with Crippen LogP contribution in [-0.4, -0.2) is 29.6 Å². The molecule has 1 rings (SSSR count). The summed E-state index contributed by atoms with van der Waals surface area (Å²) in [4.78, 5) is 22.0. The molecule has 1 atom stereocenters. The van der Waals surface area contributed by atoms with E-state index in [1.165, 1.54) is 6.92 Å². The molecule has 0 fully saturated rings. The maximum Gasteiger partial charge on any atom is 0.320 e. The Morgan fingerprint density at radius 1 is 1.35 bits per heavy atom. The Kier molecular flexibility index (Phi) is 5.11. The summed E-state index contributed by atoms with van der Waals surface area (Å²) >= 11 is 3.29. The number of amides is 1. The second-order valence-electron chi connectivity index (χ2n) is 3.50. The topological polar surface area (TPSA) is 78.4 Å². The molecule has 0 aliphatic rings. The highest BCUT2D eigenvalue weighted by atomic mass is 79.9. The predicted octanol–water partition coefficient (Wildman–Crippen LogP) is 1.45. The van der Waals surface area contributed by atoms with E-state index in [1.54, 1.807) is 12.1 Å². The van der Waals surface area contributed by atoms with Crippen molar-refractivity contribution in [3.05, 3.63) is 28.7 Å². The fraction of sp³-hybridized carbons (Fsp3) is 0.273. The summed E-state index contributed by atoms with van der Waals surface area (Å²) in [6.45, 7) is 1.44. The first-order chi connectivity index (χ1) is 7.99. The van der Waals surface area contributed by atoms with Gasteiger partial charge in [0.05, 0.1) is 6.54 Å². The molecule has 0 unspecified atom stereocenters. The molecule has 0 saturated heterocycles. The summed E-state index contributed by atoms with van der Waals surface area (Å²) in [6.07, 6.45) is 0. The average molecular weight is 301 g/mol. The van der Waals surface area contributed by atoms with E-state index in [0.29, 0.717) is 5.69 Å². The molecule has 0 saturated carbocycles. The van der Waals surface area contributed by atoms with Crippen LogP contribution in [0.2, 0.25) is 0 Å². The van der Waals surface area contributed by atoms with Crippen LogP contribution in [0.4, 0.5) is 5.69 Å². The summed E-state index contributed by atoms with van der Waals surface area (Å²) < 4.78 is 0.924. The molecule has 0 aliphatic heterocycles. The molecule has 1 aromatic rings. The highest BCUT2D eigenvalue weighted by Crippen LogP contribution is 2.13. The largest absolute Gasteiger partial charge is 0.480 e. The number of carbonyl (C=O) groups excluding carboxylic acids is 1. The molecule has 6 heteroatoms. The van der Waals surface area contributed by atoms with Gasteiger partial charge in [-0.15, -0.1) is 0 Å². The normalized spacial score (nSPS) is 11.9. The molecular formula is C11H13BrN2O3. The Bertz CT molecular complexity index is 406. The molecule has 0 aliphatic carbocycles. The third kappa shape index (κ3) is 4.97. The van der Waals surface area contributed by atoms with Crippen LogP contribution < -0.4 is 10.6 Å². The van der Waals surface area contributed by atoms with E-state index < -0.39 is 12.0 Å². The fourth-order valence-corrected chi connectivity index (χ4v) is 1.34. The van der Waals surface area contributed by atoms with Gasteiger partial charge in [-0.1, -0.05) is 15.9 Å². The monoisotopic (exact) mass is 300 g/mol. The Hall–Kier alpha value is -1.40. The van der Waals surface area contributed by atoms with Crippen LogP contribution in [0.1, 0.15) is 6.92 Å². The van der Waals surface area contributed by atoms with Crippen molar-refractivity contribution in [3.8, 4) is 0 Å². The van der Waals surface area contributed by atoms with Crippen molar-refractivity contribution < 1.29 is 14.7 Å². The summed E-state index contributed by atoms with van der Waals surface area (Å²) in [5, 5.41) is 13.9. The van der Waals surface area contributed by atoms with Gasteiger partial charge in [0.2, 0.25) is 5.91 Å². The lowest BCUT2D eigenvalue weighted by atomic mass is 10.3. The minimum Gasteiger partial charge on any atom is -0.480 e. The molecule has 5 nitrogen and oxygen atoms in total. The van der Waals surface area contributed by atoms with E-state index >= 15 is 0 Å². The first kappa shape index (κ1) is 13.7. The number of aliphatic carboxylic acids is 1. The third-order valence-corrected chi connectivity index (χ3v) is 2.60. The average Bonchev–Trinajstić information content (AvgIpc) is 2.29. The Morgan fingerprint density at radius 3 is 2.47 bits per heavy atom. The van der Waals surface area contributed by atoms with E-state index in [9.17, 15) is 9.59 Å². The molecule has 92 valence electrons. The number of anilines is 1. The summed E-state index contributed by atoms with van der Waals surface area (Å²) in [5.74, 6) is -1.26. The molecule has 1 amide bonds. The Labute approximate surface area is 107 Å². The standard InChI is InChI=1S/C11H13BrN2O3/c1-7(11(16)17)13-6-10(15)14-9-4-2-8(12)3-5-9/h2-5,7,13H,6H2,1H3,(H,14,15)(H,16,17)/t7-/m0/s1. The number of hydrogen-bond donors (Lipinski definition) is 3. The van der Waals surface area contributed by atoms with Crippen LogP contribution in [0.5, 0.6) is 0 Å². The molecular weight excluding hydrogens is 288 g/mol. The van der Waals surface area contributed by atoms with Crippen molar-refractivity contribution in [2.45, 2.75) is 13.0 Å². The Morgan fingerprint density at radius 2 is 1.94 bits per heavy atom. The number of rotatable bonds is 5. The van der Waals surface area contributed by atoms with Crippen LogP contribution in [0, 0.1) is 0 Å². The van der Waals surface area contributed by atoms with Crippen molar-refractivity contribution in [1.82, 2.24) is 5.32 Å². The van der Waals surface area contributed by atoms with Gasteiger partial charge in [0.15, 0.2) is 0 Å². The molecule has 0 radical (unpaired) electrons. The molecule has 17 heavy (non-hydrogen) atoms. The van der Waals surface area contributed by atoms with Gasteiger partial charge in [-0.25, -0.2) is 0 Å². The van der Waals surface area contributed by atoms with Crippen molar-refractivity contribution in [2.75, 3.05) is 11.9 Å². The highest BCUT2D eigenvalue weighted by Gasteiger charge is 2.11. The minimum absolute atomic E-state index is 0.0382. The van der Waals surface area contributed by atoms with Gasteiger partial charge in [0, 0.05) is 10.2 Å². The number of benzene rings is 1. The SMILES string of the molecule is C[C@H](NCC(=O)Nc1ccc(Br)cc1)C(=O)O. The van der Waals surface area contributed by atoms with Gasteiger partial charge in [-0.05, 0) is 31.2 Å². The fourth-order valence-electron chi connectivity index (χ4n) is 1.07. The van der Waals surface area contributed by atoms with Crippen LogP contribution in [0.25, 0.3) is 0 Å². The maximum atomic E-state index is 11.4. The minimum atomic E-state index is -0.985. The number of carbonyl (C=O) groups is 2. The number of nitrogens with one attached hydrogen (secondary N) is 2. The van der Waals surface area contributed by atoms with Gasteiger partial charge in [-0.3, -0.25) is 14.9 Å². The maximum absolute atomic E-state index is 11.4. The van der Waals surface area contributed by atoms with Crippen molar-refractivity contribution in [3.63, 3.8) is 0 Å². The second-order valence-corrected chi connectivity index (χ2v) is 4.41. The molecule has 0 bridgehead atoms. The van der Waals surface area contributed by atoms with Crippen LogP contribution >= 0.6 is 15.9 Å². The van der Waals surface area contributed by atoms with Crippen LogP contribution in [0.15, 0.2) is 28.7 Å².